The van der Waals surface area contributed by atoms with Crippen LogP contribution >= 0.6 is 0 Å². The van der Waals surface area contributed by atoms with Gasteiger partial charge in [-0.3, -0.25) is 4.79 Å². The highest BCUT2D eigenvalue weighted by molar-refractivity contribution is 5.81. The third-order valence-electron chi connectivity index (χ3n) is 2.65. The molecule has 1 unspecified atom stereocenters. The largest absolute Gasteiger partial charge is 0.492 e. The summed E-state index contributed by atoms with van der Waals surface area (Å²) in [7, 11) is 0. The second-order valence-corrected chi connectivity index (χ2v) is 4.52. The molecule has 0 aliphatic carbocycles. The summed E-state index contributed by atoms with van der Waals surface area (Å²) in [6.07, 6.45) is 0.750. The molecule has 0 aliphatic rings. The zero-order valence-corrected chi connectivity index (χ0v) is 12.9. The molecule has 0 aromatic heterocycles. The third kappa shape index (κ3) is 7.96. The van der Waals surface area contributed by atoms with Gasteiger partial charge in [-0.2, -0.15) is 0 Å². The van der Waals surface area contributed by atoms with Crippen molar-refractivity contribution < 1.29 is 28.2 Å². The standard InChI is InChI=1S/C16H20FNO5/c1-3-9-21-12(2)16(20)23-11-15(19)18-8-10-22-14-6-4-13(17)5-7-14/h3-7,12H,1,8-11H2,2H3,(H,18,19). The number of nitrogens with one attached hydrogen (secondary N) is 1. The van der Waals surface area contributed by atoms with Crippen molar-refractivity contribution in [3.05, 3.63) is 42.7 Å². The van der Waals surface area contributed by atoms with Crippen LogP contribution in [0.25, 0.3) is 0 Å². The van der Waals surface area contributed by atoms with Gasteiger partial charge in [-0.15, -0.1) is 6.58 Å². The molecule has 23 heavy (non-hydrogen) atoms. The summed E-state index contributed by atoms with van der Waals surface area (Å²) in [6, 6.07) is 5.54. The Kier molecular flexibility index (Phi) is 8.38. The highest BCUT2D eigenvalue weighted by atomic mass is 19.1. The number of hydrogen-bond acceptors (Lipinski definition) is 5. The maximum atomic E-state index is 12.7. The van der Waals surface area contributed by atoms with Crippen molar-refractivity contribution in [1.82, 2.24) is 5.32 Å². The van der Waals surface area contributed by atoms with Gasteiger partial charge in [0, 0.05) is 0 Å². The maximum absolute atomic E-state index is 12.7. The Hall–Kier alpha value is -2.41. The number of hydrogen-bond donors (Lipinski definition) is 1. The van der Waals surface area contributed by atoms with Gasteiger partial charge in [-0.05, 0) is 31.2 Å². The lowest BCUT2D eigenvalue weighted by Gasteiger charge is -2.11. The van der Waals surface area contributed by atoms with Crippen molar-refractivity contribution >= 4 is 11.9 Å². The molecule has 126 valence electrons. The van der Waals surface area contributed by atoms with Crippen molar-refractivity contribution in [2.45, 2.75) is 13.0 Å². The van der Waals surface area contributed by atoms with E-state index in [9.17, 15) is 14.0 Å². The van der Waals surface area contributed by atoms with Crippen LogP contribution in [0.5, 0.6) is 5.75 Å². The van der Waals surface area contributed by atoms with Gasteiger partial charge in [-0.1, -0.05) is 6.08 Å². The van der Waals surface area contributed by atoms with E-state index < -0.39 is 24.6 Å². The molecule has 1 amide bonds. The van der Waals surface area contributed by atoms with E-state index in [0.717, 1.165) is 0 Å². The van der Waals surface area contributed by atoms with Crippen LogP contribution in [0.1, 0.15) is 6.92 Å². The average Bonchev–Trinajstić information content (AvgIpc) is 2.55. The average molecular weight is 325 g/mol. The summed E-state index contributed by atoms with van der Waals surface area (Å²) in [5.74, 6) is -0.916. The number of amides is 1. The molecule has 0 saturated heterocycles. The van der Waals surface area contributed by atoms with Gasteiger partial charge in [0.25, 0.3) is 5.91 Å². The Morgan fingerprint density at radius 2 is 2.04 bits per heavy atom. The summed E-state index contributed by atoms with van der Waals surface area (Å²) >= 11 is 0. The first-order valence-corrected chi connectivity index (χ1v) is 7.07. The summed E-state index contributed by atoms with van der Waals surface area (Å²) in [6.45, 7) is 5.27. The first kappa shape index (κ1) is 18.6. The van der Waals surface area contributed by atoms with Crippen LogP contribution < -0.4 is 10.1 Å². The van der Waals surface area contributed by atoms with E-state index in [4.69, 9.17) is 14.2 Å². The van der Waals surface area contributed by atoms with Crippen molar-refractivity contribution in [3.8, 4) is 5.75 Å². The Bertz CT molecular complexity index is 518. The Morgan fingerprint density at radius 1 is 1.35 bits per heavy atom. The zero-order valence-electron chi connectivity index (χ0n) is 12.9. The van der Waals surface area contributed by atoms with Crippen LogP contribution in [-0.2, 0) is 19.1 Å². The quantitative estimate of drug-likeness (QED) is 0.400. The molecule has 0 radical (unpaired) electrons. The van der Waals surface area contributed by atoms with Crippen LogP contribution in [0.4, 0.5) is 4.39 Å². The first-order chi connectivity index (χ1) is 11.0. The molecule has 0 heterocycles. The van der Waals surface area contributed by atoms with Gasteiger partial charge in [0.05, 0.1) is 13.2 Å². The zero-order chi connectivity index (χ0) is 17.1. The highest BCUT2D eigenvalue weighted by Gasteiger charge is 2.15. The van der Waals surface area contributed by atoms with Gasteiger partial charge in [-0.25, -0.2) is 9.18 Å². The molecule has 0 bridgehead atoms. The normalized spacial score (nSPS) is 11.4. The van der Waals surface area contributed by atoms with Crippen molar-refractivity contribution in [1.29, 1.82) is 0 Å². The van der Waals surface area contributed by atoms with E-state index in [-0.39, 0.29) is 25.6 Å². The van der Waals surface area contributed by atoms with Crippen LogP contribution in [0.2, 0.25) is 0 Å². The Balaban J connectivity index is 2.13. The van der Waals surface area contributed by atoms with Crippen molar-refractivity contribution in [2.75, 3.05) is 26.4 Å². The van der Waals surface area contributed by atoms with Crippen LogP contribution in [0, 0.1) is 5.82 Å². The fourth-order valence-electron chi connectivity index (χ4n) is 1.48. The van der Waals surface area contributed by atoms with E-state index >= 15 is 0 Å². The lowest BCUT2D eigenvalue weighted by molar-refractivity contribution is -0.158. The second kappa shape index (κ2) is 10.3. The van der Waals surface area contributed by atoms with E-state index in [2.05, 4.69) is 11.9 Å². The molecule has 0 aliphatic heterocycles. The Morgan fingerprint density at radius 3 is 2.70 bits per heavy atom. The Labute approximate surface area is 134 Å². The van der Waals surface area contributed by atoms with Gasteiger partial charge < -0.3 is 19.5 Å². The summed E-state index contributed by atoms with van der Waals surface area (Å²) in [5, 5.41) is 2.53. The summed E-state index contributed by atoms with van der Waals surface area (Å²) in [4.78, 5) is 23.0. The number of benzene rings is 1. The van der Waals surface area contributed by atoms with E-state index in [1.807, 2.05) is 0 Å². The molecule has 1 aromatic rings. The molecule has 1 aromatic carbocycles. The molecule has 6 nitrogen and oxygen atoms in total. The number of rotatable bonds is 10. The van der Waals surface area contributed by atoms with Gasteiger partial charge in [0.15, 0.2) is 12.7 Å². The topological polar surface area (TPSA) is 73.9 Å². The minimum Gasteiger partial charge on any atom is -0.492 e. The predicted octanol–water partition coefficient (Wildman–Crippen LogP) is 1.45. The monoisotopic (exact) mass is 325 g/mol. The molecule has 0 spiro atoms. The SMILES string of the molecule is C=CCOC(C)C(=O)OCC(=O)NCCOc1ccc(F)cc1. The second-order valence-electron chi connectivity index (χ2n) is 4.52. The fourth-order valence-corrected chi connectivity index (χ4v) is 1.48. The minimum atomic E-state index is -0.761. The summed E-state index contributed by atoms with van der Waals surface area (Å²) in [5.41, 5.74) is 0. The van der Waals surface area contributed by atoms with Crippen LogP contribution in [-0.4, -0.2) is 44.3 Å². The van der Waals surface area contributed by atoms with E-state index in [1.165, 1.54) is 37.3 Å². The highest BCUT2D eigenvalue weighted by Crippen LogP contribution is 2.10. The fraction of sp³-hybridized carbons (Fsp3) is 0.375. The minimum absolute atomic E-state index is 0.212. The van der Waals surface area contributed by atoms with Crippen LogP contribution in [0.3, 0.4) is 0 Å². The third-order valence-corrected chi connectivity index (χ3v) is 2.65. The molecule has 1 N–H and O–H groups in total. The first-order valence-electron chi connectivity index (χ1n) is 7.07. The molecule has 1 rings (SSSR count). The van der Waals surface area contributed by atoms with Crippen molar-refractivity contribution in [2.24, 2.45) is 0 Å². The molecular formula is C16H20FNO5. The number of ether oxygens (including phenoxy) is 3. The van der Waals surface area contributed by atoms with E-state index in [1.54, 1.807) is 0 Å². The van der Waals surface area contributed by atoms with E-state index in [0.29, 0.717) is 5.75 Å². The van der Waals surface area contributed by atoms with Crippen molar-refractivity contribution in [3.63, 3.8) is 0 Å². The van der Waals surface area contributed by atoms with Gasteiger partial charge in [0.2, 0.25) is 0 Å². The summed E-state index contributed by atoms with van der Waals surface area (Å²) < 4.78 is 27.9. The smallest absolute Gasteiger partial charge is 0.335 e. The number of esters is 1. The number of carbonyl (C=O) groups is 2. The molecule has 1 atom stereocenters. The van der Waals surface area contributed by atoms with Gasteiger partial charge in [0.1, 0.15) is 18.2 Å². The lowest BCUT2D eigenvalue weighted by atomic mass is 10.3. The molecule has 0 fully saturated rings. The lowest BCUT2D eigenvalue weighted by Crippen LogP contribution is -2.34. The maximum Gasteiger partial charge on any atom is 0.335 e. The molecule has 0 saturated carbocycles. The van der Waals surface area contributed by atoms with Gasteiger partial charge >= 0.3 is 5.97 Å². The molecule has 7 heteroatoms. The number of halogens is 1. The predicted molar refractivity (Wildman–Crippen MR) is 81.5 cm³/mol. The molecular weight excluding hydrogens is 305 g/mol. The number of carbonyl (C=O) groups excluding carboxylic acids is 2. The van der Waals surface area contributed by atoms with Crippen LogP contribution in [0.15, 0.2) is 36.9 Å².